The third-order valence-electron chi connectivity index (χ3n) is 1.75. The summed E-state index contributed by atoms with van der Waals surface area (Å²) in [7, 11) is 0. The highest BCUT2D eigenvalue weighted by Gasteiger charge is 2.12. The van der Waals surface area contributed by atoms with Gasteiger partial charge in [0.2, 0.25) is 0 Å². The van der Waals surface area contributed by atoms with Gasteiger partial charge < -0.3 is 5.11 Å². The molecule has 0 radical (unpaired) electrons. The second-order valence-corrected chi connectivity index (χ2v) is 2.62. The van der Waals surface area contributed by atoms with E-state index in [9.17, 15) is 14.3 Å². The highest BCUT2D eigenvalue weighted by Crippen LogP contribution is 2.26. The smallest absolute Gasteiger partial charge is 0.163 e. The first kappa shape index (κ1) is 9.45. The van der Waals surface area contributed by atoms with Gasteiger partial charge in [-0.3, -0.25) is 4.79 Å². The van der Waals surface area contributed by atoms with Gasteiger partial charge in [0.15, 0.2) is 5.78 Å². The first-order valence-electron chi connectivity index (χ1n) is 3.72. The fourth-order valence-electron chi connectivity index (χ4n) is 1.06. The SMILES string of the molecule is C=Cc1c(F)ccc(C(C)=O)c1O. The van der Waals surface area contributed by atoms with Crippen LogP contribution in [0, 0.1) is 5.82 Å². The fraction of sp³-hybridized carbons (Fsp3) is 0.100. The number of ketones is 1. The summed E-state index contributed by atoms with van der Waals surface area (Å²) >= 11 is 0. The van der Waals surface area contributed by atoms with E-state index in [2.05, 4.69) is 6.58 Å². The number of halogens is 1. The van der Waals surface area contributed by atoms with E-state index in [0.29, 0.717) is 0 Å². The molecule has 3 heteroatoms. The van der Waals surface area contributed by atoms with Gasteiger partial charge >= 0.3 is 0 Å². The molecule has 0 saturated heterocycles. The summed E-state index contributed by atoms with van der Waals surface area (Å²) in [5.74, 6) is -1.24. The van der Waals surface area contributed by atoms with Crippen molar-refractivity contribution >= 4 is 11.9 Å². The third kappa shape index (κ3) is 1.59. The van der Waals surface area contributed by atoms with Crippen LogP contribution in [0.15, 0.2) is 18.7 Å². The molecule has 0 heterocycles. The van der Waals surface area contributed by atoms with Crippen molar-refractivity contribution in [2.45, 2.75) is 6.92 Å². The van der Waals surface area contributed by atoms with Crippen LogP contribution in [0.2, 0.25) is 0 Å². The van der Waals surface area contributed by atoms with E-state index < -0.39 is 5.82 Å². The maximum Gasteiger partial charge on any atom is 0.163 e. The predicted molar refractivity (Wildman–Crippen MR) is 48.2 cm³/mol. The first-order valence-corrected chi connectivity index (χ1v) is 3.72. The summed E-state index contributed by atoms with van der Waals surface area (Å²) in [6.45, 7) is 4.65. The molecular formula is C10H9FO2. The Hall–Kier alpha value is -1.64. The molecule has 1 aromatic carbocycles. The Morgan fingerprint density at radius 3 is 2.69 bits per heavy atom. The number of phenols is 1. The van der Waals surface area contributed by atoms with Gasteiger partial charge in [-0.15, -0.1) is 0 Å². The van der Waals surface area contributed by atoms with Crippen LogP contribution in [0.25, 0.3) is 6.08 Å². The molecule has 0 saturated carbocycles. The Kier molecular flexibility index (Phi) is 2.46. The molecule has 1 aromatic rings. The zero-order valence-corrected chi connectivity index (χ0v) is 7.17. The van der Waals surface area contributed by atoms with E-state index in [-0.39, 0.29) is 22.7 Å². The normalized spacial score (nSPS) is 9.69. The fourth-order valence-corrected chi connectivity index (χ4v) is 1.06. The van der Waals surface area contributed by atoms with Crippen LogP contribution in [0.5, 0.6) is 5.75 Å². The van der Waals surface area contributed by atoms with Crippen molar-refractivity contribution in [2.24, 2.45) is 0 Å². The zero-order chi connectivity index (χ0) is 10.0. The van der Waals surface area contributed by atoms with Gasteiger partial charge in [0.25, 0.3) is 0 Å². The lowest BCUT2D eigenvalue weighted by molar-refractivity contribution is 0.101. The maximum atomic E-state index is 13.0. The van der Waals surface area contributed by atoms with Crippen molar-refractivity contribution in [3.05, 3.63) is 35.7 Å². The minimum absolute atomic E-state index is 0.0345. The van der Waals surface area contributed by atoms with Gasteiger partial charge in [0.05, 0.1) is 11.1 Å². The minimum Gasteiger partial charge on any atom is -0.506 e. The van der Waals surface area contributed by atoms with Crippen LogP contribution in [0.1, 0.15) is 22.8 Å². The maximum absolute atomic E-state index is 13.0. The van der Waals surface area contributed by atoms with E-state index in [1.807, 2.05) is 0 Å². The largest absolute Gasteiger partial charge is 0.506 e. The molecule has 0 spiro atoms. The zero-order valence-electron chi connectivity index (χ0n) is 7.17. The molecule has 0 amide bonds. The van der Waals surface area contributed by atoms with Crippen LogP contribution >= 0.6 is 0 Å². The van der Waals surface area contributed by atoms with Crippen molar-refractivity contribution in [3.63, 3.8) is 0 Å². The number of hydrogen-bond donors (Lipinski definition) is 1. The lowest BCUT2D eigenvalue weighted by atomic mass is 10.1. The Balaban J connectivity index is 3.44. The summed E-state index contributed by atoms with van der Waals surface area (Å²) in [5.41, 5.74) is 0.0731. The summed E-state index contributed by atoms with van der Waals surface area (Å²) in [6.07, 6.45) is 1.18. The van der Waals surface area contributed by atoms with Gasteiger partial charge in [0.1, 0.15) is 11.6 Å². The number of hydrogen-bond acceptors (Lipinski definition) is 2. The molecule has 0 aliphatic rings. The molecule has 0 aromatic heterocycles. The average Bonchev–Trinajstić information content (AvgIpc) is 2.04. The van der Waals surface area contributed by atoms with Crippen molar-refractivity contribution in [3.8, 4) is 5.75 Å². The summed E-state index contributed by atoms with van der Waals surface area (Å²) in [6, 6.07) is 2.38. The number of benzene rings is 1. The molecule has 1 rings (SSSR count). The van der Waals surface area contributed by atoms with Crippen molar-refractivity contribution < 1.29 is 14.3 Å². The van der Waals surface area contributed by atoms with Crippen LogP contribution in [0.4, 0.5) is 4.39 Å². The first-order chi connectivity index (χ1) is 6.07. The standard InChI is InChI=1S/C10H9FO2/c1-3-7-9(11)5-4-8(6(2)12)10(7)13/h3-5,13H,1H2,2H3. The molecule has 0 bridgehead atoms. The Bertz CT molecular complexity index is 369. The van der Waals surface area contributed by atoms with Crippen molar-refractivity contribution in [2.75, 3.05) is 0 Å². The Morgan fingerprint density at radius 1 is 1.62 bits per heavy atom. The van der Waals surface area contributed by atoms with E-state index in [0.717, 1.165) is 6.07 Å². The number of rotatable bonds is 2. The average molecular weight is 180 g/mol. The Morgan fingerprint density at radius 2 is 2.23 bits per heavy atom. The van der Waals surface area contributed by atoms with Gasteiger partial charge in [0, 0.05) is 0 Å². The quantitative estimate of drug-likeness (QED) is 0.709. The van der Waals surface area contributed by atoms with E-state index in [1.165, 1.54) is 19.1 Å². The molecule has 13 heavy (non-hydrogen) atoms. The number of carbonyl (C=O) groups excluding carboxylic acids is 1. The third-order valence-corrected chi connectivity index (χ3v) is 1.75. The van der Waals surface area contributed by atoms with E-state index in [4.69, 9.17) is 0 Å². The molecule has 0 aliphatic heterocycles. The van der Waals surface area contributed by atoms with Crippen molar-refractivity contribution in [1.29, 1.82) is 0 Å². The topological polar surface area (TPSA) is 37.3 Å². The second kappa shape index (κ2) is 3.39. The Labute approximate surface area is 75.3 Å². The monoisotopic (exact) mass is 180 g/mol. The molecule has 2 nitrogen and oxygen atoms in total. The second-order valence-electron chi connectivity index (χ2n) is 2.62. The van der Waals surface area contributed by atoms with Crippen molar-refractivity contribution in [1.82, 2.24) is 0 Å². The number of aromatic hydroxyl groups is 1. The molecule has 0 atom stereocenters. The lowest BCUT2D eigenvalue weighted by Crippen LogP contribution is -1.95. The number of carbonyl (C=O) groups is 1. The summed E-state index contributed by atoms with van der Waals surface area (Å²) < 4.78 is 13.0. The molecular weight excluding hydrogens is 171 g/mol. The van der Waals surface area contributed by atoms with E-state index >= 15 is 0 Å². The molecule has 0 fully saturated rings. The molecule has 1 N–H and O–H groups in total. The van der Waals surface area contributed by atoms with Gasteiger partial charge in [-0.25, -0.2) is 4.39 Å². The highest BCUT2D eigenvalue weighted by molar-refractivity contribution is 5.97. The van der Waals surface area contributed by atoms with Gasteiger partial charge in [-0.2, -0.15) is 0 Å². The van der Waals surface area contributed by atoms with Crippen LogP contribution in [0.3, 0.4) is 0 Å². The number of phenolic OH excluding ortho intramolecular Hbond substituents is 1. The predicted octanol–water partition coefficient (Wildman–Crippen LogP) is 2.38. The molecule has 68 valence electrons. The van der Waals surface area contributed by atoms with Crippen LogP contribution < -0.4 is 0 Å². The molecule has 0 aliphatic carbocycles. The van der Waals surface area contributed by atoms with E-state index in [1.54, 1.807) is 0 Å². The number of Topliss-reactive ketones (excluding diaryl/α,β-unsaturated/α-hetero) is 1. The summed E-state index contributed by atoms with van der Waals surface area (Å²) in [5, 5.41) is 9.41. The summed E-state index contributed by atoms with van der Waals surface area (Å²) in [4.78, 5) is 10.9. The van der Waals surface area contributed by atoms with Gasteiger partial charge in [-0.05, 0) is 19.1 Å². The van der Waals surface area contributed by atoms with Crippen LogP contribution in [-0.4, -0.2) is 10.9 Å². The molecule has 0 unspecified atom stereocenters. The minimum atomic E-state index is -0.586. The van der Waals surface area contributed by atoms with Gasteiger partial charge in [-0.1, -0.05) is 12.7 Å². The lowest BCUT2D eigenvalue weighted by Gasteiger charge is -2.04. The highest BCUT2D eigenvalue weighted by atomic mass is 19.1. The van der Waals surface area contributed by atoms with Crippen LogP contribution in [-0.2, 0) is 0 Å².